The molecule has 0 spiro atoms. The predicted molar refractivity (Wildman–Crippen MR) is 108 cm³/mol. The van der Waals surface area contributed by atoms with Crippen LogP contribution in [-0.4, -0.2) is 51.4 Å². The zero-order valence-corrected chi connectivity index (χ0v) is 17.8. The van der Waals surface area contributed by atoms with E-state index in [1.807, 2.05) is 31.6 Å². The van der Waals surface area contributed by atoms with Gasteiger partial charge in [0.25, 0.3) is 5.91 Å². The Kier molecular flexibility index (Phi) is 6.00. The summed E-state index contributed by atoms with van der Waals surface area (Å²) in [5.41, 5.74) is 0.299. The number of hydrogen-bond acceptors (Lipinski definition) is 5. The molecular weight excluding hydrogens is 372 g/mol. The van der Waals surface area contributed by atoms with Crippen LogP contribution in [0.2, 0.25) is 0 Å². The molecule has 8 heteroatoms. The van der Waals surface area contributed by atoms with E-state index in [-0.39, 0.29) is 23.8 Å². The highest BCUT2D eigenvalue weighted by Crippen LogP contribution is 2.22. The molecule has 1 N–H and O–H groups in total. The largest absolute Gasteiger partial charge is 0.451 e. The molecule has 2 amide bonds. The smallest absolute Gasteiger partial charge is 0.410 e. The molecular formula is C21H30N4O4. The number of rotatable bonds is 5. The molecule has 1 saturated heterocycles. The second kappa shape index (κ2) is 8.31. The molecule has 1 aliphatic rings. The average molecular weight is 402 g/mol. The Balaban J connectivity index is 1.56. The Morgan fingerprint density at radius 2 is 2.10 bits per heavy atom. The van der Waals surface area contributed by atoms with Gasteiger partial charge in [0.1, 0.15) is 11.4 Å². The van der Waals surface area contributed by atoms with Crippen molar-refractivity contribution in [3.63, 3.8) is 0 Å². The maximum absolute atomic E-state index is 12.5. The number of nitrogens with one attached hydrogen (secondary N) is 1. The van der Waals surface area contributed by atoms with Crippen LogP contribution in [0.5, 0.6) is 0 Å². The molecule has 29 heavy (non-hydrogen) atoms. The lowest BCUT2D eigenvalue weighted by Gasteiger charge is -2.24. The first-order chi connectivity index (χ1) is 13.6. The maximum Gasteiger partial charge on any atom is 0.410 e. The Hall–Kier alpha value is -2.77. The molecule has 8 nitrogen and oxygen atoms in total. The number of ether oxygens (including phenoxy) is 1. The first-order valence-corrected chi connectivity index (χ1v) is 10.0. The van der Waals surface area contributed by atoms with E-state index in [9.17, 15) is 9.59 Å². The number of amides is 2. The lowest BCUT2D eigenvalue weighted by Crippen LogP contribution is -2.40. The lowest BCUT2D eigenvalue weighted by molar-refractivity contribution is 0.0290. The third-order valence-electron chi connectivity index (χ3n) is 4.47. The normalized spacial score (nSPS) is 17.0. The van der Waals surface area contributed by atoms with Crippen LogP contribution >= 0.6 is 0 Å². The Labute approximate surface area is 171 Å². The van der Waals surface area contributed by atoms with Gasteiger partial charge in [0, 0.05) is 31.9 Å². The molecule has 1 fully saturated rings. The summed E-state index contributed by atoms with van der Waals surface area (Å²) >= 11 is 0. The fraction of sp³-hybridized carbons (Fsp3) is 0.571. The first kappa shape index (κ1) is 21.0. The maximum atomic E-state index is 12.5. The molecule has 0 aromatic carbocycles. The van der Waals surface area contributed by atoms with Crippen LogP contribution in [-0.2, 0) is 11.3 Å². The van der Waals surface area contributed by atoms with Crippen molar-refractivity contribution in [3.8, 4) is 11.3 Å². The minimum Gasteiger partial charge on any atom is -0.451 e. The average Bonchev–Trinajstić information content (AvgIpc) is 3.32. The number of carbonyl (C=O) groups is 2. The first-order valence-electron chi connectivity index (χ1n) is 10.0. The van der Waals surface area contributed by atoms with Gasteiger partial charge in [0.05, 0.1) is 11.8 Å². The third-order valence-corrected chi connectivity index (χ3v) is 4.47. The van der Waals surface area contributed by atoms with Gasteiger partial charge in [0.2, 0.25) is 0 Å². The highest BCUT2D eigenvalue weighted by atomic mass is 16.6. The van der Waals surface area contributed by atoms with Crippen LogP contribution in [0, 0.1) is 5.92 Å². The quantitative estimate of drug-likeness (QED) is 0.826. The van der Waals surface area contributed by atoms with Crippen LogP contribution in [0.4, 0.5) is 4.79 Å². The monoisotopic (exact) mass is 402 g/mol. The summed E-state index contributed by atoms with van der Waals surface area (Å²) in [5, 5.41) is 7.26. The number of furan rings is 1. The lowest BCUT2D eigenvalue weighted by atomic mass is 10.2. The van der Waals surface area contributed by atoms with Crippen molar-refractivity contribution in [3.05, 3.63) is 30.3 Å². The van der Waals surface area contributed by atoms with E-state index in [1.165, 1.54) is 0 Å². The van der Waals surface area contributed by atoms with Gasteiger partial charge >= 0.3 is 6.09 Å². The van der Waals surface area contributed by atoms with Crippen molar-refractivity contribution in [1.29, 1.82) is 0 Å². The summed E-state index contributed by atoms with van der Waals surface area (Å²) in [6.07, 6.45) is 3.97. The van der Waals surface area contributed by atoms with Gasteiger partial charge in [-0.05, 0) is 45.2 Å². The molecule has 1 atom stereocenters. The summed E-state index contributed by atoms with van der Waals surface area (Å²) in [6, 6.07) is 3.30. The van der Waals surface area contributed by atoms with Gasteiger partial charge in [-0.3, -0.25) is 9.48 Å². The number of aromatic nitrogens is 2. The SMILES string of the molecule is CC(C)Cn1cc(-c2ccc(C(=O)NC3CCN(C(=O)OC(C)(C)C)C3)o2)cn1. The minimum absolute atomic E-state index is 0.127. The molecule has 158 valence electrons. The van der Waals surface area contributed by atoms with Crippen molar-refractivity contribution in [1.82, 2.24) is 20.0 Å². The number of hydrogen-bond donors (Lipinski definition) is 1. The van der Waals surface area contributed by atoms with E-state index in [2.05, 4.69) is 24.3 Å². The second-order valence-corrected chi connectivity index (χ2v) is 8.89. The van der Waals surface area contributed by atoms with Crippen LogP contribution in [0.3, 0.4) is 0 Å². The zero-order chi connectivity index (χ0) is 21.2. The molecule has 3 rings (SSSR count). The molecule has 0 radical (unpaired) electrons. The van der Waals surface area contributed by atoms with Crippen LogP contribution in [0.25, 0.3) is 11.3 Å². The highest BCUT2D eigenvalue weighted by Gasteiger charge is 2.31. The fourth-order valence-corrected chi connectivity index (χ4v) is 3.21. The molecule has 0 aliphatic carbocycles. The molecule has 0 bridgehead atoms. The van der Waals surface area contributed by atoms with Gasteiger partial charge in [-0.2, -0.15) is 5.10 Å². The van der Waals surface area contributed by atoms with E-state index in [1.54, 1.807) is 23.2 Å². The van der Waals surface area contributed by atoms with Crippen LogP contribution in [0.1, 0.15) is 51.6 Å². The third kappa shape index (κ3) is 5.62. The fourth-order valence-electron chi connectivity index (χ4n) is 3.21. The summed E-state index contributed by atoms with van der Waals surface area (Å²) in [4.78, 5) is 26.3. The van der Waals surface area contributed by atoms with Crippen molar-refractivity contribution in [2.24, 2.45) is 5.92 Å². The van der Waals surface area contributed by atoms with Crippen LogP contribution < -0.4 is 5.32 Å². The Morgan fingerprint density at radius 3 is 2.79 bits per heavy atom. The zero-order valence-electron chi connectivity index (χ0n) is 17.8. The molecule has 3 heterocycles. The van der Waals surface area contributed by atoms with E-state index in [4.69, 9.17) is 9.15 Å². The summed E-state index contributed by atoms with van der Waals surface area (Å²) in [7, 11) is 0. The molecule has 2 aromatic heterocycles. The van der Waals surface area contributed by atoms with Gasteiger partial charge in [0.15, 0.2) is 5.76 Å². The topological polar surface area (TPSA) is 89.6 Å². The number of nitrogens with zero attached hydrogens (tertiary/aromatic N) is 3. The molecule has 1 aliphatic heterocycles. The van der Waals surface area contributed by atoms with E-state index in [0.29, 0.717) is 31.2 Å². The summed E-state index contributed by atoms with van der Waals surface area (Å²) < 4.78 is 13.0. The number of likely N-dealkylation sites (tertiary alicyclic amines) is 1. The minimum atomic E-state index is -0.536. The molecule has 1 unspecified atom stereocenters. The molecule has 0 saturated carbocycles. The standard InChI is InChI=1S/C21H30N4O4/c1-14(2)11-25-12-15(10-22-25)17-6-7-18(28-17)19(26)23-16-8-9-24(13-16)20(27)29-21(3,4)5/h6-7,10,12,14,16H,8-9,11,13H2,1-5H3,(H,23,26). The van der Waals surface area contributed by atoms with E-state index in [0.717, 1.165) is 12.1 Å². The van der Waals surface area contributed by atoms with E-state index < -0.39 is 5.60 Å². The van der Waals surface area contributed by atoms with Crippen LogP contribution in [0.15, 0.2) is 28.9 Å². The van der Waals surface area contributed by atoms with Gasteiger partial charge in [-0.1, -0.05) is 13.8 Å². The van der Waals surface area contributed by atoms with Crippen molar-refractivity contribution in [2.75, 3.05) is 13.1 Å². The summed E-state index contributed by atoms with van der Waals surface area (Å²) in [5.74, 6) is 1.05. The predicted octanol–water partition coefficient (Wildman–Crippen LogP) is 3.54. The Bertz CT molecular complexity index is 862. The second-order valence-electron chi connectivity index (χ2n) is 8.89. The van der Waals surface area contributed by atoms with E-state index >= 15 is 0 Å². The van der Waals surface area contributed by atoms with Crippen molar-refractivity contribution >= 4 is 12.0 Å². The van der Waals surface area contributed by atoms with Crippen molar-refractivity contribution in [2.45, 2.75) is 59.2 Å². The van der Waals surface area contributed by atoms with Gasteiger partial charge < -0.3 is 19.4 Å². The summed E-state index contributed by atoms with van der Waals surface area (Å²) in [6.45, 7) is 11.6. The highest BCUT2D eigenvalue weighted by molar-refractivity contribution is 5.92. The van der Waals surface area contributed by atoms with Crippen molar-refractivity contribution < 1.29 is 18.7 Å². The number of carbonyl (C=O) groups excluding carboxylic acids is 2. The van der Waals surface area contributed by atoms with Gasteiger partial charge in [-0.15, -0.1) is 0 Å². The Morgan fingerprint density at radius 1 is 1.34 bits per heavy atom. The van der Waals surface area contributed by atoms with Gasteiger partial charge in [-0.25, -0.2) is 4.79 Å². The molecule has 2 aromatic rings.